The summed E-state index contributed by atoms with van der Waals surface area (Å²) in [6, 6.07) is 11.2. The van der Waals surface area contributed by atoms with Crippen molar-refractivity contribution in [3.63, 3.8) is 0 Å². The van der Waals surface area contributed by atoms with Crippen molar-refractivity contribution in [3.8, 4) is 12.1 Å². The number of unbranched alkanes of at least 4 members (excludes halogenated alkanes) is 13. The second-order valence-electron chi connectivity index (χ2n) is 13.6. The largest absolute Gasteiger partial charge is 0.474 e. The number of aromatic nitrogens is 3. The van der Waals surface area contributed by atoms with E-state index in [1.165, 1.54) is 93.6 Å². The van der Waals surface area contributed by atoms with Gasteiger partial charge in [0.05, 0.1) is 37.1 Å². The Bertz CT molecular complexity index is 1700. The highest BCUT2D eigenvalue weighted by Crippen LogP contribution is 2.50. The fourth-order valence-corrected chi connectivity index (χ4v) is 7.31. The third kappa shape index (κ3) is 13.7. The van der Waals surface area contributed by atoms with Gasteiger partial charge in [-0.15, -0.1) is 0 Å². The van der Waals surface area contributed by atoms with Gasteiger partial charge in [-0.2, -0.15) is 15.6 Å². The normalized spacial score (nSPS) is 18.8. The molecule has 3 aromatic rings. The van der Waals surface area contributed by atoms with Gasteiger partial charge in [-0.25, -0.2) is 18.5 Å². The lowest BCUT2D eigenvalue weighted by Gasteiger charge is -2.23. The van der Waals surface area contributed by atoms with E-state index in [2.05, 4.69) is 23.1 Å². The molecule has 2 aromatic heterocycles. The first-order valence-electron chi connectivity index (χ1n) is 18.9. The number of hydrogen-bond acceptors (Lipinski definition) is 11. The van der Waals surface area contributed by atoms with Gasteiger partial charge in [0.2, 0.25) is 0 Å². The van der Waals surface area contributed by atoms with Crippen LogP contribution < -0.4 is 5.73 Å². The molecule has 53 heavy (non-hydrogen) atoms. The summed E-state index contributed by atoms with van der Waals surface area (Å²) in [5.74, 6) is -0.353. The van der Waals surface area contributed by atoms with Gasteiger partial charge in [0, 0.05) is 19.4 Å². The van der Waals surface area contributed by atoms with E-state index < -0.39 is 31.6 Å². The molecule has 13 nitrogen and oxygen atoms in total. The topological polar surface area (TPSA) is 187 Å². The van der Waals surface area contributed by atoms with Crippen LogP contribution in [0.5, 0.6) is 0 Å². The quantitative estimate of drug-likeness (QED) is 0.0589. The Labute approximate surface area is 312 Å². The average molecular weight is 757 g/mol. The van der Waals surface area contributed by atoms with Crippen molar-refractivity contribution in [1.29, 1.82) is 10.5 Å². The van der Waals surface area contributed by atoms with E-state index in [1.54, 1.807) is 12.1 Å². The number of nitrogens with two attached hydrogens (primary N) is 1. The zero-order valence-electron chi connectivity index (χ0n) is 30.8. The molecule has 0 aliphatic carbocycles. The number of halogens is 1. The summed E-state index contributed by atoms with van der Waals surface area (Å²) >= 11 is 0. The second-order valence-corrected chi connectivity index (χ2v) is 15.0. The van der Waals surface area contributed by atoms with Gasteiger partial charge >= 0.3 is 7.82 Å². The van der Waals surface area contributed by atoms with Gasteiger partial charge in [0.25, 0.3) is 0 Å². The molecule has 0 radical (unpaired) electrons. The van der Waals surface area contributed by atoms with Crippen LogP contribution in [-0.2, 0) is 40.0 Å². The number of nitrogen functional groups attached to an aromatic ring is 1. The van der Waals surface area contributed by atoms with Crippen LogP contribution >= 0.6 is 7.82 Å². The molecule has 3 heterocycles. The lowest BCUT2D eigenvalue weighted by Crippen LogP contribution is -2.28. The Morgan fingerprint density at radius 1 is 1.04 bits per heavy atom. The van der Waals surface area contributed by atoms with Gasteiger partial charge in [0.15, 0.2) is 17.7 Å². The number of rotatable bonds is 26. The molecule has 1 aliphatic heterocycles. The van der Waals surface area contributed by atoms with E-state index in [0.29, 0.717) is 23.4 Å². The van der Waals surface area contributed by atoms with Crippen LogP contribution in [0.15, 0.2) is 36.7 Å². The number of phosphoric acid groups is 1. The first-order chi connectivity index (χ1) is 25.7. The van der Waals surface area contributed by atoms with E-state index in [1.807, 2.05) is 6.07 Å². The molecule has 4 rings (SSSR count). The fraction of sp³-hybridized carbons (Fsp3) is 0.632. The van der Waals surface area contributed by atoms with Gasteiger partial charge < -0.3 is 24.8 Å². The van der Waals surface area contributed by atoms with Crippen LogP contribution in [0.25, 0.3) is 5.52 Å². The average Bonchev–Trinajstić information content (AvgIpc) is 3.77. The first kappa shape index (κ1) is 42.3. The minimum atomic E-state index is -4.71. The van der Waals surface area contributed by atoms with Crippen LogP contribution in [-0.4, -0.2) is 51.7 Å². The summed E-state index contributed by atoms with van der Waals surface area (Å²) in [5, 5.41) is 23.5. The molecule has 0 saturated carbocycles. The van der Waals surface area contributed by atoms with E-state index in [4.69, 9.17) is 29.0 Å². The van der Waals surface area contributed by atoms with Gasteiger partial charge in [-0.1, -0.05) is 90.4 Å². The number of ether oxygens (including phenoxy) is 3. The van der Waals surface area contributed by atoms with E-state index in [9.17, 15) is 24.4 Å². The molecule has 0 spiro atoms. The predicted molar refractivity (Wildman–Crippen MR) is 196 cm³/mol. The maximum Gasteiger partial charge on any atom is 0.474 e. The molecule has 1 fully saturated rings. The van der Waals surface area contributed by atoms with E-state index >= 15 is 0 Å². The highest BCUT2D eigenvalue weighted by atomic mass is 31.2. The third-order valence-corrected chi connectivity index (χ3v) is 10.3. The van der Waals surface area contributed by atoms with Crippen molar-refractivity contribution >= 4 is 19.2 Å². The van der Waals surface area contributed by atoms with Crippen molar-refractivity contribution in [3.05, 3.63) is 59.3 Å². The number of benzene rings is 1. The maximum atomic E-state index is 14.0. The van der Waals surface area contributed by atoms with Crippen molar-refractivity contribution < 1.29 is 37.1 Å². The maximum absolute atomic E-state index is 14.0. The first-order valence-corrected chi connectivity index (χ1v) is 20.4. The van der Waals surface area contributed by atoms with Gasteiger partial charge in [-0.05, 0) is 42.3 Å². The van der Waals surface area contributed by atoms with Crippen molar-refractivity contribution in [1.82, 2.24) is 14.6 Å². The molecule has 290 valence electrons. The van der Waals surface area contributed by atoms with Crippen LogP contribution in [0, 0.1) is 28.5 Å². The van der Waals surface area contributed by atoms with Crippen molar-refractivity contribution in [2.45, 2.75) is 134 Å². The highest BCUT2D eigenvalue weighted by molar-refractivity contribution is 7.47. The molecular weight excluding hydrogens is 702 g/mol. The minimum Gasteiger partial charge on any atom is -0.382 e. The number of nitrogens with zero attached hydrogens (tertiary/aromatic N) is 5. The molecule has 1 aromatic carbocycles. The highest BCUT2D eigenvalue weighted by Gasteiger charge is 2.47. The standard InChI is InChI=1S/C38H54FN6O7P/c1-2-3-4-5-6-7-8-9-10-11-12-13-14-15-20-48-26-33(49-25-31-21-30(24-40)22-32(39)23-31)27-50-53(46,47)52-36-18-19-38(28-41,51-36)35-17-16-34-37(42)43-29-44-45(34)35/h16-17,21-23,29,33,36H,2-15,18-20,25-27H2,1H3,(H,46,47)(H2,42,43,44)/t33-,36-,38+/m1/s1. The van der Waals surface area contributed by atoms with Crippen LogP contribution in [0.2, 0.25) is 0 Å². The molecule has 4 atom stereocenters. The summed E-state index contributed by atoms with van der Waals surface area (Å²) in [5.41, 5.74) is 5.85. The number of anilines is 1. The van der Waals surface area contributed by atoms with Crippen LogP contribution in [0.1, 0.15) is 126 Å². The number of nitriles is 2. The number of hydrogen-bond donors (Lipinski definition) is 2. The Morgan fingerprint density at radius 2 is 1.72 bits per heavy atom. The Hall–Kier alpha value is -3.46. The molecular formula is C38H54FN6O7P. The lowest BCUT2D eigenvalue weighted by molar-refractivity contribution is -0.120. The zero-order chi connectivity index (χ0) is 37.9. The molecule has 1 unspecified atom stereocenters. The molecule has 1 saturated heterocycles. The SMILES string of the molecule is CCCCCCCCCCCCCCCCOC[C@H](COP(=O)(O)O[C@@H]1CC[C@](C#N)(c2ccc3c(N)ncnn23)O1)OCc1cc(F)cc(C#N)c1. The van der Waals surface area contributed by atoms with Crippen LogP contribution in [0.4, 0.5) is 10.2 Å². The minimum absolute atomic E-state index is 0.0443. The second kappa shape index (κ2) is 22.0. The summed E-state index contributed by atoms with van der Waals surface area (Å²) in [6.45, 7) is 2.29. The Balaban J connectivity index is 1.21. The number of fused-ring (bicyclic) bond motifs is 1. The third-order valence-electron chi connectivity index (χ3n) is 9.33. The van der Waals surface area contributed by atoms with Gasteiger partial charge in [0.1, 0.15) is 29.8 Å². The number of phosphoric ester groups is 1. The summed E-state index contributed by atoms with van der Waals surface area (Å²) in [7, 11) is -4.71. The molecule has 0 amide bonds. The molecule has 0 bridgehead atoms. The summed E-state index contributed by atoms with van der Waals surface area (Å²) in [4.78, 5) is 14.6. The van der Waals surface area contributed by atoms with E-state index in [0.717, 1.165) is 25.3 Å². The van der Waals surface area contributed by atoms with Gasteiger partial charge in [-0.3, -0.25) is 9.05 Å². The summed E-state index contributed by atoms with van der Waals surface area (Å²) < 4.78 is 56.9. The van der Waals surface area contributed by atoms with E-state index in [-0.39, 0.29) is 44.0 Å². The molecule has 1 aliphatic rings. The Kier molecular flexibility index (Phi) is 17.6. The monoisotopic (exact) mass is 756 g/mol. The zero-order valence-corrected chi connectivity index (χ0v) is 31.7. The smallest absolute Gasteiger partial charge is 0.382 e. The van der Waals surface area contributed by atoms with Crippen molar-refractivity contribution in [2.24, 2.45) is 0 Å². The fourth-order valence-electron chi connectivity index (χ4n) is 6.45. The lowest BCUT2D eigenvalue weighted by atomic mass is 9.98. The van der Waals surface area contributed by atoms with Crippen LogP contribution in [0.3, 0.4) is 0 Å². The summed E-state index contributed by atoms with van der Waals surface area (Å²) in [6.07, 6.45) is 17.0. The molecule has 3 N–H and O–H groups in total. The molecule has 15 heteroatoms. The predicted octanol–water partition coefficient (Wildman–Crippen LogP) is 8.39. The Morgan fingerprint density at radius 3 is 2.38 bits per heavy atom. The van der Waals surface area contributed by atoms with Crippen molar-refractivity contribution in [2.75, 3.05) is 25.6 Å².